The molecule has 0 unspecified atom stereocenters. The Hall–Kier alpha value is 0.387. The van der Waals surface area contributed by atoms with Crippen molar-refractivity contribution in [3.63, 3.8) is 0 Å². The average Bonchev–Trinajstić information content (AvgIpc) is 2.00. The van der Waals surface area contributed by atoms with Crippen molar-refractivity contribution in [2.24, 2.45) is 5.92 Å². The summed E-state index contributed by atoms with van der Waals surface area (Å²) in [6, 6.07) is 0. The van der Waals surface area contributed by atoms with Crippen molar-refractivity contribution in [1.82, 2.24) is 0 Å². The minimum Gasteiger partial charge on any atom is -0.365 e. The number of hydrogen-bond donors (Lipinski definition) is 0. The van der Waals surface area contributed by atoms with Gasteiger partial charge >= 0.3 is 8.11 Å². The normalized spacial score (nSPS) is 12.5. The van der Waals surface area contributed by atoms with Crippen LogP contribution in [0, 0.1) is 5.92 Å². The molecule has 68 valence electrons. The van der Waals surface area contributed by atoms with Crippen molar-refractivity contribution in [3.8, 4) is 0 Å². The molecule has 0 saturated heterocycles. The lowest BCUT2D eigenvalue weighted by atomic mass is 10.2. The number of rotatable bonds is 5. The van der Waals surface area contributed by atoms with Crippen LogP contribution in [0.4, 0.5) is 0 Å². The third kappa shape index (κ3) is 4.76. The van der Waals surface area contributed by atoms with Crippen LogP contribution in [0.1, 0.15) is 13.8 Å². The largest absolute Gasteiger partial charge is 0.612 e. The molecule has 0 saturated carbocycles. The minimum atomic E-state index is -2.79. The summed E-state index contributed by atoms with van der Waals surface area (Å²) in [7, 11) is 0.190. The van der Waals surface area contributed by atoms with E-state index in [1.54, 1.807) is 0 Å². The molecule has 0 radical (unpaired) electrons. The number of hydrogen-bond acceptors (Lipinski definition) is 3. The van der Waals surface area contributed by atoms with E-state index in [2.05, 4.69) is 0 Å². The molecule has 0 amide bonds. The predicted octanol–water partition coefficient (Wildman–Crippen LogP) is 1.63. The molecule has 0 aromatic rings. The van der Waals surface area contributed by atoms with E-state index in [0.29, 0.717) is 12.5 Å². The van der Waals surface area contributed by atoms with E-state index in [4.69, 9.17) is 24.4 Å². The van der Waals surface area contributed by atoms with Gasteiger partial charge in [0.25, 0.3) is 0 Å². The van der Waals surface area contributed by atoms with Crippen LogP contribution in [0.2, 0.25) is 0 Å². The van der Waals surface area contributed by atoms with E-state index >= 15 is 0 Å². The molecule has 0 bridgehead atoms. The van der Waals surface area contributed by atoms with E-state index in [1.807, 2.05) is 13.8 Å². The Balaban J connectivity index is 3.69. The van der Waals surface area contributed by atoms with Gasteiger partial charge in [0, 0.05) is 20.8 Å². The fourth-order valence-corrected chi connectivity index (χ4v) is 1.59. The molecule has 0 aromatic heterocycles. The molecular weight excluding hydrogens is 184 g/mol. The highest BCUT2D eigenvalue weighted by atomic mass is 35.6. The molecule has 0 aromatic carbocycles. The maximum atomic E-state index is 5.82. The zero-order chi connectivity index (χ0) is 8.91. The van der Waals surface area contributed by atoms with Gasteiger partial charge in [-0.1, -0.05) is 24.9 Å². The van der Waals surface area contributed by atoms with E-state index in [9.17, 15) is 0 Å². The molecule has 0 fully saturated rings. The Morgan fingerprint density at radius 3 is 2.00 bits per heavy atom. The van der Waals surface area contributed by atoms with Gasteiger partial charge in [-0.15, -0.1) is 0 Å². The number of halogens is 1. The summed E-state index contributed by atoms with van der Waals surface area (Å²) in [5.41, 5.74) is 0. The monoisotopic (exact) mass is 198 g/mol. The molecule has 11 heavy (non-hydrogen) atoms. The lowest BCUT2D eigenvalue weighted by Crippen LogP contribution is -2.38. The Labute approximate surface area is 73.7 Å². The van der Waals surface area contributed by atoms with Gasteiger partial charge in [-0.05, 0) is 5.92 Å². The van der Waals surface area contributed by atoms with Crippen LogP contribution in [0.15, 0.2) is 0 Å². The van der Waals surface area contributed by atoms with E-state index in [1.165, 1.54) is 14.2 Å². The van der Waals surface area contributed by atoms with Crippen molar-refractivity contribution >= 4 is 19.2 Å². The summed E-state index contributed by atoms with van der Waals surface area (Å²) >= 11 is 5.82. The molecule has 0 aliphatic heterocycles. The van der Waals surface area contributed by atoms with Crippen molar-refractivity contribution < 1.29 is 13.3 Å². The fraction of sp³-hybridized carbons (Fsp3) is 1.00. The van der Waals surface area contributed by atoms with Crippen LogP contribution in [-0.2, 0) is 13.3 Å². The van der Waals surface area contributed by atoms with Crippen LogP contribution in [0.25, 0.3) is 0 Å². The lowest BCUT2D eigenvalue weighted by molar-refractivity contribution is 0.110. The molecule has 0 spiro atoms. The standard InChI is InChI=1S/C6H15ClO3Si/c1-6(2)5-10-11(7,8-3)9-4/h6H,5H2,1-4H3. The van der Waals surface area contributed by atoms with Gasteiger partial charge < -0.3 is 13.3 Å². The first-order valence-electron chi connectivity index (χ1n) is 3.47. The van der Waals surface area contributed by atoms with Crippen LogP contribution in [0.5, 0.6) is 0 Å². The van der Waals surface area contributed by atoms with Gasteiger partial charge in [-0.2, -0.15) is 0 Å². The summed E-state index contributed by atoms with van der Waals surface area (Å²) in [5.74, 6) is 0.436. The Kier molecular flexibility index (Phi) is 5.29. The fourth-order valence-electron chi connectivity index (χ4n) is 0.467. The summed E-state index contributed by atoms with van der Waals surface area (Å²) in [5, 5.41) is 0. The zero-order valence-corrected chi connectivity index (χ0v) is 9.14. The first-order valence-corrected chi connectivity index (χ1v) is 6.21. The molecule has 0 atom stereocenters. The summed E-state index contributed by atoms with van der Waals surface area (Å²) in [6.45, 7) is 4.64. The van der Waals surface area contributed by atoms with Crippen LogP contribution < -0.4 is 0 Å². The second-order valence-corrected chi connectivity index (χ2v) is 6.05. The molecule has 0 aliphatic carbocycles. The maximum Gasteiger partial charge on any atom is 0.612 e. The quantitative estimate of drug-likeness (QED) is 0.497. The Morgan fingerprint density at radius 1 is 1.27 bits per heavy atom. The van der Waals surface area contributed by atoms with E-state index in [0.717, 1.165) is 0 Å². The molecule has 5 heteroatoms. The molecule has 3 nitrogen and oxygen atoms in total. The summed E-state index contributed by atoms with van der Waals surface area (Å²) < 4.78 is 15.0. The topological polar surface area (TPSA) is 27.7 Å². The van der Waals surface area contributed by atoms with Gasteiger partial charge in [-0.3, -0.25) is 0 Å². The highest BCUT2D eigenvalue weighted by Crippen LogP contribution is 2.13. The van der Waals surface area contributed by atoms with Gasteiger partial charge in [-0.25, -0.2) is 0 Å². The van der Waals surface area contributed by atoms with Gasteiger partial charge in [0.15, 0.2) is 0 Å². The first-order chi connectivity index (χ1) is 5.04. The summed E-state index contributed by atoms with van der Waals surface area (Å²) in [4.78, 5) is 0. The van der Waals surface area contributed by atoms with Crippen LogP contribution in [-0.4, -0.2) is 28.9 Å². The van der Waals surface area contributed by atoms with E-state index < -0.39 is 8.11 Å². The highest BCUT2D eigenvalue weighted by Gasteiger charge is 2.37. The zero-order valence-electron chi connectivity index (χ0n) is 7.39. The SMILES string of the molecule is CO[Si](Cl)(OC)OCC(C)C. The van der Waals surface area contributed by atoms with Gasteiger partial charge in [0.05, 0.1) is 0 Å². The average molecular weight is 199 g/mol. The highest BCUT2D eigenvalue weighted by molar-refractivity contribution is 7.09. The molecule has 0 heterocycles. The lowest BCUT2D eigenvalue weighted by Gasteiger charge is -2.19. The molecule has 0 aliphatic rings. The third-order valence-electron chi connectivity index (χ3n) is 1.08. The minimum absolute atomic E-state index is 0.436. The maximum absolute atomic E-state index is 5.82. The predicted molar refractivity (Wildman–Crippen MR) is 46.4 cm³/mol. The van der Waals surface area contributed by atoms with Gasteiger partial charge in [0.1, 0.15) is 0 Å². The summed E-state index contributed by atoms with van der Waals surface area (Å²) in [6.07, 6.45) is 0. The second kappa shape index (κ2) is 5.11. The smallest absolute Gasteiger partial charge is 0.365 e. The molecule has 0 rings (SSSR count). The second-order valence-electron chi connectivity index (χ2n) is 2.59. The Morgan fingerprint density at radius 2 is 1.73 bits per heavy atom. The third-order valence-corrected chi connectivity index (χ3v) is 3.82. The van der Waals surface area contributed by atoms with Gasteiger partial charge in [0.2, 0.25) is 0 Å². The van der Waals surface area contributed by atoms with Crippen molar-refractivity contribution in [2.75, 3.05) is 20.8 Å². The Bertz CT molecular complexity index is 106. The van der Waals surface area contributed by atoms with Crippen LogP contribution >= 0.6 is 11.1 Å². The van der Waals surface area contributed by atoms with E-state index in [-0.39, 0.29) is 0 Å². The van der Waals surface area contributed by atoms with Crippen molar-refractivity contribution in [3.05, 3.63) is 0 Å². The molecule has 0 N–H and O–H groups in total. The molecular formula is C6H15ClO3Si. The first kappa shape index (κ1) is 11.4. The van der Waals surface area contributed by atoms with Crippen LogP contribution in [0.3, 0.4) is 0 Å². The van der Waals surface area contributed by atoms with Crippen molar-refractivity contribution in [1.29, 1.82) is 0 Å². The van der Waals surface area contributed by atoms with Crippen molar-refractivity contribution in [2.45, 2.75) is 13.8 Å².